The zero-order chi connectivity index (χ0) is 15.2. The summed E-state index contributed by atoms with van der Waals surface area (Å²) in [6.07, 6.45) is 0. The van der Waals surface area contributed by atoms with Crippen molar-refractivity contribution in [2.45, 2.75) is 96.9 Å². The van der Waals surface area contributed by atoms with Crippen LogP contribution in [0.3, 0.4) is 0 Å². The Kier molecular flexibility index (Phi) is 569. The van der Waals surface area contributed by atoms with Gasteiger partial charge in [-0.15, -0.1) is 0 Å². The van der Waals surface area contributed by atoms with Gasteiger partial charge in [-0.05, 0) is 11.8 Å². The van der Waals surface area contributed by atoms with Crippen molar-refractivity contribution in [2.24, 2.45) is 11.8 Å². The van der Waals surface area contributed by atoms with E-state index >= 15 is 0 Å². The summed E-state index contributed by atoms with van der Waals surface area (Å²) >= 11 is 0. The largest absolute Gasteiger partial charge is 0.358 e. The second kappa shape index (κ2) is 146. The van der Waals surface area contributed by atoms with E-state index in [1.54, 1.807) is 0 Å². The van der Waals surface area contributed by atoms with E-state index in [9.17, 15) is 0 Å². The van der Waals surface area contributed by atoms with Gasteiger partial charge in [0.15, 0.2) is 0 Å². The van der Waals surface area contributed by atoms with Crippen LogP contribution in [0.4, 0.5) is 0 Å². The van der Waals surface area contributed by atoms with Crippen molar-refractivity contribution in [3.8, 4) is 0 Å². The molecule has 0 saturated carbocycles. The van der Waals surface area contributed by atoms with Gasteiger partial charge in [-0.3, -0.25) is 0 Å². The first-order valence-corrected chi connectivity index (χ1v) is 7.46. The van der Waals surface area contributed by atoms with Crippen molar-refractivity contribution in [3.63, 3.8) is 0 Å². The Bertz CT molecular complexity index is 32.9. The molecule has 0 saturated heterocycles. The van der Waals surface area contributed by atoms with Gasteiger partial charge in [0.2, 0.25) is 0 Å². The Morgan fingerprint density at radius 2 is 0.304 bits per heavy atom. The summed E-state index contributed by atoms with van der Waals surface area (Å²) in [5.74, 6) is 1.67. The van der Waals surface area contributed by atoms with Gasteiger partial charge in [-0.1, -0.05) is 96.9 Å². The summed E-state index contributed by atoms with van der Waals surface area (Å²) in [6.45, 7) is 29.0. The maximum absolute atomic E-state index is 2.17. The van der Waals surface area contributed by atoms with Crippen molar-refractivity contribution in [1.29, 1.82) is 0 Å². The summed E-state index contributed by atoms with van der Waals surface area (Å²) < 4.78 is 0. The Hall–Kier alpha value is 5.52. The Morgan fingerprint density at radius 3 is 0.304 bits per heavy atom. The van der Waals surface area contributed by atoms with Gasteiger partial charge in [0, 0.05) is 164 Å². The molecule has 0 aromatic heterocycles. The molecule has 0 bridgehead atoms. The van der Waals surface area contributed by atoms with Gasteiger partial charge in [-0.2, -0.15) is 0 Å². The molecule has 0 aromatic carbocycles. The molecule has 0 aliphatic carbocycles. The summed E-state index contributed by atoms with van der Waals surface area (Å²) in [5, 5.41) is 0. The standard InChI is InChI=1S/2C4H10.4C2H6.2CH3.5Y/c2*1-4(2)3;4*1-2;;;;;;;/h2*4H,1-3H3;4*1-2H3;2*1H3;;;;;/q;;;;;;2*-1;;;;;. The van der Waals surface area contributed by atoms with Crippen LogP contribution in [0.1, 0.15) is 96.9 Å². The first kappa shape index (κ1) is 89.7. The number of rotatable bonds is 0. The molecule has 0 heterocycles. The predicted molar refractivity (Wildman–Crippen MR) is 99.2 cm³/mol. The van der Waals surface area contributed by atoms with Gasteiger partial charge in [-0.25, -0.2) is 0 Å². The first-order chi connectivity index (χ1) is 7.46. The van der Waals surface area contributed by atoms with Crippen molar-refractivity contribution in [1.82, 2.24) is 0 Å². The van der Waals surface area contributed by atoms with Crippen molar-refractivity contribution < 1.29 is 164 Å². The Morgan fingerprint density at radius 1 is 0.304 bits per heavy atom. The van der Waals surface area contributed by atoms with Crippen LogP contribution < -0.4 is 0 Å². The molecule has 0 rings (SSSR count). The smallest absolute Gasteiger partial charge is 0 e. The quantitative estimate of drug-likeness (QED) is 0.222. The maximum atomic E-state index is 2.17. The van der Waals surface area contributed by atoms with Gasteiger partial charge in [0.25, 0.3) is 0 Å². The van der Waals surface area contributed by atoms with E-state index in [1.165, 1.54) is 0 Å². The topological polar surface area (TPSA) is 0 Å². The molecule has 0 aliphatic heterocycles. The number of hydrogen-bond acceptors (Lipinski definition) is 0. The zero-order valence-corrected chi connectivity index (χ0v) is 34.2. The van der Waals surface area contributed by atoms with E-state index in [0.29, 0.717) is 0 Å². The van der Waals surface area contributed by atoms with Crippen LogP contribution in [-0.2, 0) is 164 Å². The number of hydrogen-bond donors (Lipinski definition) is 0. The summed E-state index contributed by atoms with van der Waals surface area (Å²) in [5.41, 5.74) is 0. The van der Waals surface area contributed by atoms with E-state index in [1.807, 2.05) is 55.4 Å². The third-order valence-electron chi connectivity index (χ3n) is 0. The van der Waals surface area contributed by atoms with E-state index in [2.05, 4.69) is 41.5 Å². The summed E-state index contributed by atoms with van der Waals surface area (Å²) in [4.78, 5) is 0. The van der Waals surface area contributed by atoms with Crippen LogP contribution in [0.15, 0.2) is 0 Å². The molecule has 0 unspecified atom stereocenters. The van der Waals surface area contributed by atoms with E-state index in [0.717, 1.165) is 11.8 Å². The van der Waals surface area contributed by atoms with Crippen LogP contribution in [0, 0.1) is 26.7 Å². The molecule has 0 fully saturated rings. The average Bonchev–Trinajstić information content (AvgIpc) is 2.27. The first-order valence-electron chi connectivity index (χ1n) is 7.46. The third-order valence-corrected chi connectivity index (χ3v) is 0. The normalized spacial score (nSPS) is 4.17. The van der Waals surface area contributed by atoms with Gasteiger partial charge in [0.05, 0.1) is 0 Å². The van der Waals surface area contributed by atoms with Crippen molar-refractivity contribution in [3.05, 3.63) is 14.9 Å². The summed E-state index contributed by atoms with van der Waals surface area (Å²) in [7, 11) is 0. The van der Waals surface area contributed by atoms with Gasteiger partial charge < -0.3 is 14.9 Å². The molecular weight excluding hydrogens is 661 g/mol. The minimum atomic E-state index is 0. The average molecular weight is 711 g/mol. The minimum absolute atomic E-state index is 0. The van der Waals surface area contributed by atoms with Crippen LogP contribution >= 0.6 is 0 Å². The summed E-state index contributed by atoms with van der Waals surface area (Å²) in [6, 6.07) is 0. The molecule has 0 aromatic rings. The molecule has 0 aliphatic rings. The van der Waals surface area contributed by atoms with Crippen molar-refractivity contribution in [2.75, 3.05) is 0 Å². The molecule has 5 radical (unpaired) electrons. The van der Waals surface area contributed by atoms with Gasteiger partial charge in [0.1, 0.15) is 0 Å². The van der Waals surface area contributed by atoms with Crippen LogP contribution in [0.25, 0.3) is 0 Å². The van der Waals surface area contributed by atoms with Crippen molar-refractivity contribution >= 4 is 0 Å². The molecule has 0 N–H and O–H groups in total. The zero-order valence-electron chi connectivity index (χ0n) is 20.0. The molecular formula is C18H50Y5-2. The fourth-order valence-corrected chi connectivity index (χ4v) is 0. The molecule has 0 spiro atoms. The SMILES string of the molecule is CC.CC.CC.CC.CC(C)C.CC(C)C.[CH3-].[CH3-].[Y].[Y].[Y].[Y].[Y]. The van der Waals surface area contributed by atoms with E-state index in [4.69, 9.17) is 0 Å². The van der Waals surface area contributed by atoms with Crippen LogP contribution in [0.5, 0.6) is 0 Å². The maximum Gasteiger partial charge on any atom is 0 e. The Balaban J connectivity index is -0.00000000460. The molecule has 5 heteroatoms. The Labute approximate surface area is 281 Å². The molecule has 0 nitrogen and oxygen atoms in total. The second-order valence-electron chi connectivity index (χ2n) is 3.46. The van der Waals surface area contributed by atoms with E-state index < -0.39 is 0 Å². The van der Waals surface area contributed by atoms with Gasteiger partial charge >= 0.3 is 0 Å². The molecule has 139 valence electrons. The van der Waals surface area contributed by atoms with E-state index in [-0.39, 0.29) is 178 Å². The fraction of sp³-hybridized carbons (Fsp3) is 0.889. The van der Waals surface area contributed by atoms with Crippen LogP contribution in [0.2, 0.25) is 0 Å². The minimum Gasteiger partial charge on any atom is -0.358 e. The second-order valence-corrected chi connectivity index (χ2v) is 3.46. The molecule has 0 atom stereocenters. The third kappa shape index (κ3) is 588. The molecule has 0 amide bonds. The monoisotopic (exact) mass is 711 g/mol. The fourth-order valence-electron chi connectivity index (χ4n) is 0. The predicted octanol–water partition coefficient (Wildman–Crippen LogP) is 8.32. The molecule has 23 heavy (non-hydrogen) atoms. The van der Waals surface area contributed by atoms with Crippen LogP contribution in [-0.4, -0.2) is 0 Å².